The third-order valence-corrected chi connectivity index (χ3v) is 7.64. The van der Waals surface area contributed by atoms with E-state index < -0.39 is 11.5 Å². The Morgan fingerprint density at radius 2 is 1.89 bits per heavy atom. The zero-order valence-corrected chi connectivity index (χ0v) is 20.4. The Morgan fingerprint density at radius 3 is 2.57 bits per heavy atom. The number of hydrogen-bond donors (Lipinski definition) is 1. The smallest absolute Gasteiger partial charge is 0.411 e. The van der Waals surface area contributed by atoms with Crippen molar-refractivity contribution in [3.05, 3.63) is 71.2 Å². The lowest BCUT2D eigenvalue weighted by atomic mass is 9.86. The van der Waals surface area contributed by atoms with Crippen LogP contribution in [0.3, 0.4) is 0 Å². The van der Waals surface area contributed by atoms with Gasteiger partial charge in [-0.05, 0) is 57.2 Å². The fourth-order valence-electron chi connectivity index (χ4n) is 5.10. The van der Waals surface area contributed by atoms with Crippen LogP contribution < -0.4 is 5.32 Å². The maximum absolute atomic E-state index is 13.1. The number of carbonyl (C=O) groups is 2. The van der Waals surface area contributed by atoms with Gasteiger partial charge >= 0.3 is 6.09 Å². The van der Waals surface area contributed by atoms with E-state index in [1.54, 1.807) is 11.4 Å². The van der Waals surface area contributed by atoms with Crippen molar-refractivity contribution < 1.29 is 18.7 Å². The van der Waals surface area contributed by atoms with E-state index in [-0.39, 0.29) is 30.1 Å². The Hall–Kier alpha value is -3.33. The minimum Gasteiger partial charge on any atom is -0.441 e. The molecule has 2 aromatic heterocycles. The SMILES string of the molecule is CC1(C)OC(=O)N([C@H]2CC[C@H](NC(=O)c3csc(-c4ccc(F)nc4)n3)CC2)[C@H]1c1ccccc1. The third-order valence-electron chi connectivity index (χ3n) is 6.75. The second-order valence-electron chi connectivity index (χ2n) is 9.58. The van der Waals surface area contributed by atoms with E-state index in [9.17, 15) is 14.0 Å². The fourth-order valence-corrected chi connectivity index (χ4v) is 5.89. The Balaban J connectivity index is 1.22. The summed E-state index contributed by atoms with van der Waals surface area (Å²) in [4.78, 5) is 35.6. The van der Waals surface area contributed by atoms with Gasteiger partial charge in [-0.1, -0.05) is 30.3 Å². The molecule has 5 rings (SSSR count). The van der Waals surface area contributed by atoms with Gasteiger partial charge in [0.15, 0.2) is 0 Å². The molecule has 1 saturated heterocycles. The standard InChI is InChI=1S/C26H27FN4O3S/c1-26(2)22(16-6-4-3-5-7-16)31(25(33)34-26)19-11-9-18(10-12-19)29-23(32)20-15-35-24(30-20)17-8-13-21(27)28-14-17/h3-8,13-15,18-19,22H,9-12H2,1-2H3,(H,29,32)/t18-,19-,22-/m0/s1. The van der Waals surface area contributed by atoms with Crippen molar-refractivity contribution in [2.75, 3.05) is 0 Å². The zero-order valence-electron chi connectivity index (χ0n) is 19.6. The first-order chi connectivity index (χ1) is 16.8. The maximum Gasteiger partial charge on any atom is 0.411 e. The van der Waals surface area contributed by atoms with Crippen LogP contribution in [0.15, 0.2) is 54.0 Å². The number of rotatable bonds is 5. The number of thiazole rings is 1. The van der Waals surface area contributed by atoms with Gasteiger partial charge in [0, 0.05) is 29.2 Å². The predicted octanol–water partition coefficient (Wildman–Crippen LogP) is 5.36. The van der Waals surface area contributed by atoms with Gasteiger partial charge in [0.05, 0.1) is 6.04 Å². The summed E-state index contributed by atoms with van der Waals surface area (Å²) in [6.07, 6.45) is 4.22. The van der Waals surface area contributed by atoms with Crippen molar-refractivity contribution in [2.45, 2.75) is 63.3 Å². The number of cyclic esters (lactones) is 1. The number of benzene rings is 1. The minimum atomic E-state index is -0.619. The van der Waals surface area contributed by atoms with Gasteiger partial charge in [0.2, 0.25) is 5.95 Å². The molecular weight excluding hydrogens is 467 g/mol. The second kappa shape index (κ2) is 9.37. The van der Waals surface area contributed by atoms with Gasteiger partial charge in [-0.25, -0.2) is 14.8 Å². The van der Waals surface area contributed by atoms with Gasteiger partial charge in [-0.3, -0.25) is 9.69 Å². The van der Waals surface area contributed by atoms with Crippen molar-refractivity contribution in [2.24, 2.45) is 0 Å². The summed E-state index contributed by atoms with van der Waals surface area (Å²) in [6.45, 7) is 3.91. The molecule has 1 N–H and O–H groups in total. The van der Waals surface area contributed by atoms with Crippen LogP contribution in [0.25, 0.3) is 10.6 Å². The number of carbonyl (C=O) groups excluding carboxylic acids is 2. The summed E-state index contributed by atoms with van der Waals surface area (Å²) in [6, 6.07) is 12.8. The van der Waals surface area contributed by atoms with Gasteiger partial charge in [0.25, 0.3) is 5.91 Å². The van der Waals surface area contributed by atoms with Gasteiger partial charge in [-0.15, -0.1) is 11.3 Å². The molecule has 2 amide bonds. The van der Waals surface area contributed by atoms with Crippen LogP contribution in [0.2, 0.25) is 0 Å². The minimum absolute atomic E-state index is 0.0122. The topological polar surface area (TPSA) is 84.4 Å². The molecular formula is C26H27FN4O3S. The lowest BCUT2D eigenvalue weighted by Crippen LogP contribution is -2.46. The van der Waals surface area contributed by atoms with Gasteiger partial charge in [-0.2, -0.15) is 4.39 Å². The highest BCUT2D eigenvalue weighted by molar-refractivity contribution is 7.13. The molecule has 0 radical (unpaired) electrons. The molecule has 1 aromatic carbocycles. The van der Waals surface area contributed by atoms with Crippen LogP contribution in [-0.4, -0.2) is 44.6 Å². The van der Waals surface area contributed by atoms with Crippen molar-refractivity contribution in [3.8, 4) is 10.6 Å². The third kappa shape index (κ3) is 4.77. The number of nitrogens with zero attached hydrogens (tertiary/aromatic N) is 3. The molecule has 1 aliphatic carbocycles. The number of nitrogens with one attached hydrogen (secondary N) is 1. The first-order valence-electron chi connectivity index (χ1n) is 11.8. The van der Waals surface area contributed by atoms with E-state index in [4.69, 9.17) is 4.74 Å². The van der Waals surface area contributed by atoms with Crippen LogP contribution in [0.1, 0.15) is 61.6 Å². The summed E-state index contributed by atoms with van der Waals surface area (Å²) in [5, 5.41) is 5.41. The van der Waals surface area contributed by atoms with Gasteiger partial charge < -0.3 is 10.1 Å². The Morgan fingerprint density at radius 1 is 1.14 bits per heavy atom. The average molecular weight is 495 g/mol. The maximum atomic E-state index is 13.1. The summed E-state index contributed by atoms with van der Waals surface area (Å²) in [5.41, 5.74) is 1.45. The molecule has 1 aliphatic heterocycles. The van der Waals surface area contributed by atoms with Crippen LogP contribution in [-0.2, 0) is 4.74 Å². The van der Waals surface area contributed by atoms with Crippen molar-refractivity contribution in [3.63, 3.8) is 0 Å². The Bertz CT molecular complexity index is 1210. The molecule has 3 aromatic rings. The molecule has 3 heterocycles. The highest BCUT2D eigenvalue weighted by Gasteiger charge is 2.51. The highest BCUT2D eigenvalue weighted by atomic mass is 32.1. The molecule has 35 heavy (non-hydrogen) atoms. The Labute approximate surface area is 207 Å². The fraction of sp³-hybridized carbons (Fsp3) is 0.385. The summed E-state index contributed by atoms with van der Waals surface area (Å²) < 4.78 is 18.8. The lowest BCUT2D eigenvalue weighted by Gasteiger charge is -2.38. The molecule has 182 valence electrons. The largest absolute Gasteiger partial charge is 0.441 e. The lowest BCUT2D eigenvalue weighted by molar-refractivity contribution is 0.0663. The van der Waals surface area contributed by atoms with E-state index in [0.29, 0.717) is 16.3 Å². The normalized spacial score (nSPS) is 23.7. The summed E-state index contributed by atoms with van der Waals surface area (Å²) >= 11 is 1.32. The average Bonchev–Trinajstić information content (AvgIpc) is 3.43. The van der Waals surface area contributed by atoms with Crippen LogP contribution >= 0.6 is 11.3 Å². The molecule has 7 nitrogen and oxygen atoms in total. The molecule has 2 fully saturated rings. The number of hydrogen-bond acceptors (Lipinski definition) is 6. The summed E-state index contributed by atoms with van der Waals surface area (Å²) in [7, 11) is 0. The quantitative estimate of drug-likeness (QED) is 0.483. The molecule has 2 aliphatic rings. The number of pyridine rings is 1. The van der Waals surface area contributed by atoms with E-state index in [0.717, 1.165) is 31.2 Å². The number of amides is 2. The first-order valence-corrected chi connectivity index (χ1v) is 12.6. The summed E-state index contributed by atoms with van der Waals surface area (Å²) in [5.74, 6) is -0.783. The van der Waals surface area contributed by atoms with Gasteiger partial charge in [0.1, 0.15) is 16.3 Å². The van der Waals surface area contributed by atoms with E-state index in [2.05, 4.69) is 15.3 Å². The highest BCUT2D eigenvalue weighted by Crippen LogP contribution is 2.44. The molecule has 1 saturated carbocycles. The van der Waals surface area contributed by atoms with E-state index in [1.165, 1.54) is 23.6 Å². The first kappa shape index (κ1) is 23.4. The van der Waals surface area contributed by atoms with Crippen LogP contribution in [0.4, 0.5) is 9.18 Å². The monoisotopic (exact) mass is 494 g/mol. The van der Waals surface area contributed by atoms with Crippen LogP contribution in [0.5, 0.6) is 0 Å². The zero-order chi connectivity index (χ0) is 24.6. The van der Waals surface area contributed by atoms with E-state index in [1.807, 2.05) is 49.1 Å². The molecule has 0 spiro atoms. The second-order valence-corrected chi connectivity index (χ2v) is 10.4. The number of halogens is 1. The number of ether oxygens (including phenoxy) is 1. The van der Waals surface area contributed by atoms with Crippen LogP contribution in [0, 0.1) is 5.95 Å². The molecule has 0 unspecified atom stereocenters. The van der Waals surface area contributed by atoms with E-state index >= 15 is 0 Å². The van der Waals surface area contributed by atoms with Crippen molar-refractivity contribution >= 4 is 23.3 Å². The van der Waals surface area contributed by atoms with Crippen molar-refractivity contribution in [1.29, 1.82) is 0 Å². The molecule has 0 bridgehead atoms. The molecule has 9 heteroatoms. The van der Waals surface area contributed by atoms with Crippen molar-refractivity contribution in [1.82, 2.24) is 20.2 Å². The molecule has 1 atom stereocenters. The number of aromatic nitrogens is 2. The predicted molar refractivity (Wildman–Crippen MR) is 130 cm³/mol. The Kier molecular flexibility index (Phi) is 6.27.